The van der Waals surface area contributed by atoms with Gasteiger partial charge in [-0.2, -0.15) is 5.26 Å². The van der Waals surface area contributed by atoms with E-state index in [1.807, 2.05) is 6.92 Å². The summed E-state index contributed by atoms with van der Waals surface area (Å²) in [6.07, 6.45) is 0.765. The average molecular weight is 142 g/mol. The zero-order valence-electron chi connectivity index (χ0n) is 6.55. The molecule has 0 aliphatic carbocycles. The molecule has 3 nitrogen and oxygen atoms in total. The van der Waals surface area contributed by atoms with Gasteiger partial charge in [-0.05, 0) is 13.0 Å². The molecular weight excluding hydrogens is 128 g/mol. The molecule has 0 amide bonds. The molecule has 0 heterocycles. The van der Waals surface area contributed by atoms with Gasteiger partial charge in [-0.25, -0.2) is 0 Å². The van der Waals surface area contributed by atoms with Gasteiger partial charge >= 0.3 is 0 Å². The van der Waals surface area contributed by atoms with Crippen LogP contribution in [-0.4, -0.2) is 26.3 Å². The second-order valence-electron chi connectivity index (χ2n) is 2.02. The Balaban J connectivity index is 3.33. The van der Waals surface area contributed by atoms with Crippen molar-refractivity contribution in [3.05, 3.63) is 0 Å². The van der Waals surface area contributed by atoms with Crippen LogP contribution < -0.4 is 5.32 Å². The first-order valence-corrected chi connectivity index (χ1v) is 3.47. The zero-order valence-corrected chi connectivity index (χ0v) is 6.55. The number of nitrogens with zero attached hydrogens (tertiary/aromatic N) is 1. The summed E-state index contributed by atoms with van der Waals surface area (Å²) in [4.78, 5) is 0. The van der Waals surface area contributed by atoms with Crippen molar-refractivity contribution in [2.45, 2.75) is 19.4 Å². The lowest BCUT2D eigenvalue weighted by Crippen LogP contribution is -2.28. The first kappa shape index (κ1) is 9.41. The monoisotopic (exact) mass is 142 g/mol. The highest BCUT2D eigenvalue weighted by atomic mass is 16.5. The summed E-state index contributed by atoms with van der Waals surface area (Å²) >= 11 is 0. The zero-order chi connectivity index (χ0) is 7.82. The van der Waals surface area contributed by atoms with Crippen LogP contribution in [0.2, 0.25) is 0 Å². The molecule has 1 N–H and O–H groups in total. The highest BCUT2D eigenvalue weighted by molar-refractivity contribution is 4.88. The maximum absolute atomic E-state index is 8.52. The molecule has 1 atom stereocenters. The van der Waals surface area contributed by atoms with Gasteiger partial charge in [0.05, 0.1) is 12.1 Å². The minimum Gasteiger partial charge on any atom is -0.385 e. The van der Waals surface area contributed by atoms with Crippen LogP contribution >= 0.6 is 0 Å². The fraction of sp³-hybridized carbons (Fsp3) is 0.857. The van der Waals surface area contributed by atoms with Crippen LogP contribution in [0.15, 0.2) is 0 Å². The summed E-state index contributed by atoms with van der Waals surface area (Å²) in [6, 6.07) is 2.10. The average Bonchev–Trinajstić information content (AvgIpc) is 1.98. The van der Waals surface area contributed by atoms with Crippen molar-refractivity contribution in [1.82, 2.24) is 5.32 Å². The number of methoxy groups -OCH3 is 1. The molecule has 3 heteroatoms. The van der Waals surface area contributed by atoms with Crippen LogP contribution in [-0.2, 0) is 4.74 Å². The Bertz CT molecular complexity index is 109. The summed E-state index contributed by atoms with van der Waals surface area (Å²) < 4.78 is 4.83. The SMILES string of the molecule is CCNC(C#N)CCOC. The molecule has 0 saturated carbocycles. The molecular formula is C7H14N2O. The largest absolute Gasteiger partial charge is 0.385 e. The van der Waals surface area contributed by atoms with E-state index in [2.05, 4.69) is 11.4 Å². The highest BCUT2D eigenvalue weighted by Gasteiger charge is 2.02. The lowest BCUT2D eigenvalue weighted by Gasteiger charge is -2.07. The van der Waals surface area contributed by atoms with Crippen molar-refractivity contribution in [3.63, 3.8) is 0 Å². The molecule has 58 valence electrons. The molecule has 0 saturated heterocycles. The van der Waals surface area contributed by atoms with E-state index in [4.69, 9.17) is 10.00 Å². The molecule has 0 rings (SSSR count). The number of ether oxygens (including phenoxy) is 1. The fourth-order valence-corrected chi connectivity index (χ4v) is 0.694. The molecule has 0 fully saturated rings. The van der Waals surface area contributed by atoms with Gasteiger partial charge in [-0.3, -0.25) is 0 Å². The minimum atomic E-state index is -0.0510. The molecule has 0 aromatic rings. The predicted molar refractivity (Wildman–Crippen MR) is 39.6 cm³/mol. The summed E-state index contributed by atoms with van der Waals surface area (Å²) in [6.45, 7) is 3.46. The van der Waals surface area contributed by atoms with Crippen LogP contribution in [0.1, 0.15) is 13.3 Å². The second-order valence-corrected chi connectivity index (χ2v) is 2.02. The standard InChI is InChI=1S/C7H14N2O/c1-3-9-7(6-8)4-5-10-2/h7,9H,3-5H2,1-2H3. The Morgan fingerprint density at radius 1 is 1.70 bits per heavy atom. The van der Waals surface area contributed by atoms with Crippen LogP contribution in [0, 0.1) is 11.3 Å². The lowest BCUT2D eigenvalue weighted by molar-refractivity contribution is 0.189. The summed E-state index contributed by atoms with van der Waals surface area (Å²) in [7, 11) is 1.64. The summed E-state index contributed by atoms with van der Waals surface area (Å²) in [5.74, 6) is 0. The Kier molecular flexibility index (Phi) is 6.14. The van der Waals surface area contributed by atoms with E-state index in [1.165, 1.54) is 0 Å². The van der Waals surface area contributed by atoms with Gasteiger partial charge in [-0.15, -0.1) is 0 Å². The third kappa shape index (κ3) is 4.30. The van der Waals surface area contributed by atoms with Gasteiger partial charge < -0.3 is 10.1 Å². The second kappa shape index (κ2) is 6.53. The van der Waals surface area contributed by atoms with Crippen molar-refractivity contribution in [2.75, 3.05) is 20.3 Å². The van der Waals surface area contributed by atoms with Crippen LogP contribution in [0.3, 0.4) is 0 Å². The number of hydrogen-bond donors (Lipinski definition) is 1. The normalized spacial score (nSPS) is 12.5. The smallest absolute Gasteiger partial charge is 0.0974 e. The van der Waals surface area contributed by atoms with E-state index < -0.39 is 0 Å². The number of rotatable bonds is 5. The number of nitrogens with one attached hydrogen (secondary N) is 1. The van der Waals surface area contributed by atoms with E-state index in [9.17, 15) is 0 Å². The van der Waals surface area contributed by atoms with Gasteiger partial charge in [0.15, 0.2) is 0 Å². The quantitative estimate of drug-likeness (QED) is 0.608. The van der Waals surface area contributed by atoms with Crippen molar-refractivity contribution >= 4 is 0 Å². The van der Waals surface area contributed by atoms with Gasteiger partial charge in [-0.1, -0.05) is 6.92 Å². The van der Waals surface area contributed by atoms with E-state index >= 15 is 0 Å². The van der Waals surface area contributed by atoms with Crippen molar-refractivity contribution in [1.29, 1.82) is 5.26 Å². The van der Waals surface area contributed by atoms with Gasteiger partial charge in [0.1, 0.15) is 0 Å². The predicted octanol–water partition coefficient (Wildman–Crippen LogP) is 0.525. The Morgan fingerprint density at radius 2 is 2.40 bits per heavy atom. The maximum Gasteiger partial charge on any atom is 0.0974 e. The molecule has 1 unspecified atom stereocenters. The number of hydrogen-bond acceptors (Lipinski definition) is 3. The summed E-state index contributed by atoms with van der Waals surface area (Å²) in [5, 5.41) is 11.5. The molecule has 0 bridgehead atoms. The maximum atomic E-state index is 8.52. The van der Waals surface area contributed by atoms with Gasteiger partial charge in [0.25, 0.3) is 0 Å². The first-order valence-electron chi connectivity index (χ1n) is 3.47. The molecule has 0 radical (unpaired) electrons. The van der Waals surface area contributed by atoms with Crippen LogP contribution in [0.5, 0.6) is 0 Å². The highest BCUT2D eigenvalue weighted by Crippen LogP contribution is 1.88. The molecule has 0 spiro atoms. The van der Waals surface area contributed by atoms with Crippen molar-refractivity contribution < 1.29 is 4.74 Å². The van der Waals surface area contributed by atoms with E-state index in [0.29, 0.717) is 6.61 Å². The lowest BCUT2D eigenvalue weighted by atomic mass is 10.2. The first-order chi connectivity index (χ1) is 4.85. The van der Waals surface area contributed by atoms with Crippen molar-refractivity contribution in [2.24, 2.45) is 0 Å². The Hall–Kier alpha value is -0.590. The van der Waals surface area contributed by atoms with Crippen LogP contribution in [0.4, 0.5) is 0 Å². The molecule has 0 aromatic heterocycles. The molecule has 0 aromatic carbocycles. The molecule has 0 aliphatic rings. The van der Waals surface area contributed by atoms with Crippen LogP contribution in [0.25, 0.3) is 0 Å². The van der Waals surface area contributed by atoms with Gasteiger partial charge in [0.2, 0.25) is 0 Å². The van der Waals surface area contributed by atoms with E-state index in [0.717, 1.165) is 13.0 Å². The number of nitriles is 1. The molecule has 10 heavy (non-hydrogen) atoms. The third-order valence-electron chi connectivity index (χ3n) is 1.22. The summed E-state index contributed by atoms with van der Waals surface area (Å²) in [5.41, 5.74) is 0. The fourth-order valence-electron chi connectivity index (χ4n) is 0.694. The van der Waals surface area contributed by atoms with E-state index in [1.54, 1.807) is 7.11 Å². The Labute approximate surface area is 62.0 Å². The molecule has 0 aliphatic heterocycles. The Morgan fingerprint density at radius 3 is 2.80 bits per heavy atom. The van der Waals surface area contributed by atoms with E-state index in [-0.39, 0.29) is 6.04 Å². The van der Waals surface area contributed by atoms with Crippen molar-refractivity contribution in [3.8, 4) is 6.07 Å². The minimum absolute atomic E-state index is 0.0510. The third-order valence-corrected chi connectivity index (χ3v) is 1.22. The van der Waals surface area contributed by atoms with Gasteiger partial charge in [0, 0.05) is 13.7 Å². The topological polar surface area (TPSA) is 45.0 Å².